The van der Waals surface area contributed by atoms with E-state index in [0.29, 0.717) is 12.8 Å². The number of imide groups is 1. The van der Waals surface area contributed by atoms with Crippen molar-refractivity contribution in [3.05, 3.63) is 0 Å². The molecule has 4 nitrogen and oxygen atoms in total. The molecule has 0 unspecified atom stereocenters. The van der Waals surface area contributed by atoms with Crippen molar-refractivity contribution in [2.45, 2.75) is 57.5 Å². The Balaban J connectivity index is 2.61. The average molecular weight is 212 g/mol. The molecule has 1 saturated carbocycles. The van der Waals surface area contributed by atoms with Crippen LogP contribution in [0.25, 0.3) is 0 Å². The fourth-order valence-electron chi connectivity index (χ4n) is 2.09. The molecule has 0 aliphatic heterocycles. The van der Waals surface area contributed by atoms with E-state index >= 15 is 0 Å². The van der Waals surface area contributed by atoms with E-state index in [0.717, 1.165) is 38.5 Å². The zero-order chi connectivity index (χ0) is 11.3. The first-order valence-corrected chi connectivity index (χ1v) is 5.70. The highest BCUT2D eigenvalue weighted by Crippen LogP contribution is 2.30. The third-order valence-corrected chi connectivity index (χ3v) is 3.07. The van der Waals surface area contributed by atoms with E-state index in [1.54, 1.807) is 0 Å². The van der Waals surface area contributed by atoms with E-state index in [1.807, 2.05) is 6.92 Å². The van der Waals surface area contributed by atoms with Crippen molar-refractivity contribution in [1.82, 2.24) is 4.90 Å². The average Bonchev–Trinajstić information content (AvgIpc) is 2.63. The second kappa shape index (κ2) is 5.26. The van der Waals surface area contributed by atoms with Gasteiger partial charge in [0.05, 0.1) is 5.66 Å². The van der Waals surface area contributed by atoms with Gasteiger partial charge in [0.25, 0.3) is 0 Å². The van der Waals surface area contributed by atoms with Crippen LogP contribution in [0.1, 0.15) is 51.9 Å². The summed E-state index contributed by atoms with van der Waals surface area (Å²) in [5, 5.41) is 0. The Morgan fingerprint density at radius 3 is 2.53 bits per heavy atom. The Hall–Kier alpha value is -0.900. The molecule has 4 heteroatoms. The van der Waals surface area contributed by atoms with E-state index in [1.165, 1.54) is 4.90 Å². The second-order valence-corrected chi connectivity index (χ2v) is 4.28. The summed E-state index contributed by atoms with van der Waals surface area (Å²) in [4.78, 5) is 23.9. The molecule has 0 aromatic carbocycles. The van der Waals surface area contributed by atoms with Gasteiger partial charge in [-0.15, -0.1) is 0 Å². The molecule has 86 valence electrons. The predicted octanol–water partition coefficient (Wildman–Crippen LogP) is 1.39. The summed E-state index contributed by atoms with van der Waals surface area (Å²) in [6, 6.07) is 0. The van der Waals surface area contributed by atoms with Crippen molar-refractivity contribution in [2.75, 3.05) is 0 Å². The number of rotatable bonds is 5. The van der Waals surface area contributed by atoms with Crippen molar-refractivity contribution in [2.24, 2.45) is 5.73 Å². The minimum absolute atomic E-state index is 0.128. The molecule has 0 atom stereocenters. The maximum atomic E-state index is 11.7. The number of unbranched alkanes of at least 4 members (excludes halogenated alkanes) is 1. The van der Waals surface area contributed by atoms with Gasteiger partial charge in [0, 0.05) is 6.42 Å². The fourth-order valence-corrected chi connectivity index (χ4v) is 2.09. The molecule has 0 saturated heterocycles. The summed E-state index contributed by atoms with van der Waals surface area (Å²) in [5.74, 6) is -0.128. The number of hydrogen-bond acceptors (Lipinski definition) is 3. The van der Waals surface area contributed by atoms with E-state index in [-0.39, 0.29) is 5.91 Å². The molecule has 0 spiro atoms. The van der Waals surface area contributed by atoms with E-state index < -0.39 is 5.66 Å². The topological polar surface area (TPSA) is 63.4 Å². The lowest BCUT2D eigenvalue weighted by atomic mass is 10.1. The largest absolute Gasteiger partial charge is 0.308 e. The van der Waals surface area contributed by atoms with E-state index in [9.17, 15) is 9.59 Å². The van der Waals surface area contributed by atoms with Crippen molar-refractivity contribution in [1.29, 1.82) is 0 Å². The van der Waals surface area contributed by atoms with Crippen LogP contribution < -0.4 is 5.73 Å². The number of amides is 2. The molecular weight excluding hydrogens is 192 g/mol. The summed E-state index contributed by atoms with van der Waals surface area (Å²) in [5.41, 5.74) is 5.36. The lowest BCUT2D eigenvalue weighted by Gasteiger charge is -2.33. The third-order valence-electron chi connectivity index (χ3n) is 3.07. The lowest BCUT2D eigenvalue weighted by Crippen LogP contribution is -2.55. The quantitative estimate of drug-likeness (QED) is 0.553. The molecule has 1 aliphatic carbocycles. The zero-order valence-electron chi connectivity index (χ0n) is 9.37. The molecule has 0 bridgehead atoms. The van der Waals surface area contributed by atoms with Crippen LogP contribution in [0.5, 0.6) is 0 Å². The van der Waals surface area contributed by atoms with Crippen LogP contribution in [0.15, 0.2) is 0 Å². The smallest absolute Gasteiger partial charge is 0.230 e. The normalized spacial score (nSPS) is 18.8. The van der Waals surface area contributed by atoms with Crippen LogP contribution in [-0.4, -0.2) is 22.9 Å². The molecule has 0 aromatic rings. The van der Waals surface area contributed by atoms with Crippen LogP contribution in [0.2, 0.25) is 0 Å². The Bertz CT molecular complexity index is 235. The molecule has 1 fully saturated rings. The molecule has 2 amide bonds. The third kappa shape index (κ3) is 2.78. The van der Waals surface area contributed by atoms with Gasteiger partial charge in [-0.2, -0.15) is 0 Å². The summed E-state index contributed by atoms with van der Waals surface area (Å²) >= 11 is 0. The summed E-state index contributed by atoms with van der Waals surface area (Å²) in [6.07, 6.45) is 6.28. The van der Waals surface area contributed by atoms with E-state index in [2.05, 4.69) is 0 Å². The molecule has 0 aromatic heterocycles. The predicted molar refractivity (Wildman–Crippen MR) is 57.8 cm³/mol. The molecular formula is C11H20N2O2. The van der Waals surface area contributed by atoms with Crippen LogP contribution in [-0.2, 0) is 9.59 Å². The van der Waals surface area contributed by atoms with Gasteiger partial charge < -0.3 is 5.73 Å². The number of nitrogens with zero attached hydrogens (tertiary/aromatic N) is 1. The van der Waals surface area contributed by atoms with Crippen LogP contribution in [0.3, 0.4) is 0 Å². The number of carbonyl (C=O) groups excluding carboxylic acids is 2. The SMILES string of the molecule is CCCCC(=O)N(C=O)C1(N)CCCC1. The first-order valence-electron chi connectivity index (χ1n) is 5.70. The molecule has 0 radical (unpaired) electrons. The maximum absolute atomic E-state index is 11.7. The maximum Gasteiger partial charge on any atom is 0.230 e. The number of carbonyl (C=O) groups is 2. The summed E-state index contributed by atoms with van der Waals surface area (Å²) < 4.78 is 0. The minimum Gasteiger partial charge on any atom is -0.308 e. The highest BCUT2D eigenvalue weighted by atomic mass is 16.2. The molecule has 15 heavy (non-hydrogen) atoms. The molecule has 1 aliphatic rings. The van der Waals surface area contributed by atoms with Gasteiger partial charge in [-0.1, -0.05) is 13.3 Å². The van der Waals surface area contributed by atoms with Gasteiger partial charge in [0.1, 0.15) is 0 Å². The molecule has 1 rings (SSSR count). The first-order chi connectivity index (χ1) is 7.14. The van der Waals surface area contributed by atoms with Crippen LogP contribution in [0.4, 0.5) is 0 Å². The van der Waals surface area contributed by atoms with Gasteiger partial charge in [0.15, 0.2) is 0 Å². The molecule has 0 heterocycles. The van der Waals surface area contributed by atoms with Gasteiger partial charge >= 0.3 is 0 Å². The standard InChI is InChI=1S/C11H20N2O2/c1-2-3-6-10(15)13(9-14)11(12)7-4-5-8-11/h9H,2-8,12H2,1H3. The van der Waals surface area contributed by atoms with Gasteiger partial charge in [-0.3, -0.25) is 14.5 Å². The summed E-state index contributed by atoms with van der Waals surface area (Å²) in [7, 11) is 0. The minimum atomic E-state index is -0.702. The Morgan fingerprint density at radius 1 is 1.47 bits per heavy atom. The zero-order valence-corrected chi connectivity index (χ0v) is 9.37. The first kappa shape index (κ1) is 12.2. The van der Waals surface area contributed by atoms with Gasteiger partial charge in [-0.25, -0.2) is 0 Å². The van der Waals surface area contributed by atoms with Crippen molar-refractivity contribution < 1.29 is 9.59 Å². The summed E-state index contributed by atoms with van der Waals surface area (Å²) in [6.45, 7) is 2.02. The second-order valence-electron chi connectivity index (χ2n) is 4.28. The Morgan fingerprint density at radius 2 is 2.07 bits per heavy atom. The van der Waals surface area contributed by atoms with Crippen LogP contribution in [0, 0.1) is 0 Å². The van der Waals surface area contributed by atoms with Crippen molar-refractivity contribution in [3.8, 4) is 0 Å². The van der Waals surface area contributed by atoms with Crippen LogP contribution >= 0.6 is 0 Å². The van der Waals surface area contributed by atoms with Gasteiger partial charge in [-0.05, 0) is 32.1 Å². The van der Waals surface area contributed by atoms with Gasteiger partial charge in [0.2, 0.25) is 12.3 Å². The lowest BCUT2D eigenvalue weighted by molar-refractivity contribution is -0.145. The number of hydrogen-bond donors (Lipinski definition) is 1. The highest BCUT2D eigenvalue weighted by Gasteiger charge is 2.38. The monoisotopic (exact) mass is 212 g/mol. The Kier molecular flexibility index (Phi) is 4.27. The number of nitrogens with two attached hydrogens (primary N) is 1. The highest BCUT2D eigenvalue weighted by molar-refractivity contribution is 5.87. The Labute approximate surface area is 90.8 Å². The van der Waals surface area contributed by atoms with Crippen molar-refractivity contribution in [3.63, 3.8) is 0 Å². The van der Waals surface area contributed by atoms with E-state index in [4.69, 9.17) is 5.73 Å². The molecule has 2 N–H and O–H groups in total. The van der Waals surface area contributed by atoms with Crippen molar-refractivity contribution >= 4 is 12.3 Å². The fraction of sp³-hybridized carbons (Fsp3) is 0.818.